The second kappa shape index (κ2) is 4.37. The Bertz CT molecular complexity index is 547. The van der Waals surface area contributed by atoms with Crippen LogP contribution in [0.25, 0.3) is 11.1 Å². The molecule has 2 rings (SSSR count). The maximum atomic E-state index is 10.1. The van der Waals surface area contributed by atoms with E-state index in [1.54, 1.807) is 24.3 Å². The lowest BCUT2D eigenvalue weighted by Gasteiger charge is -2.12. The van der Waals surface area contributed by atoms with Gasteiger partial charge in [0.1, 0.15) is 17.2 Å². The molecule has 3 heteroatoms. The fourth-order valence-corrected chi connectivity index (χ4v) is 1.86. The van der Waals surface area contributed by atoms with Crippen molar-refractivity contribution in [3.05, 3.63) is 42.0 Å². The minimum Gasteiger partial charge on any atom is -0.507 e. The van der Waals surface area contributed by atoms with E-state index in [-0.39, 0.29) is 22.8 Å². The molecular weight excluding hydrogens is 216 g/mol. The molecule has 0 spiro atoms. The van der Waals surface area contributed by atoms with Crippen LogP contribution in [-0.4, -0.2) is 15.3 Å². The molecule has 0 bridgehead atoms. The molecule has 0 aliphatic carbocycles. The number of benzene rings is 2. The highest BCUT2D eigenvalue weighted by atomic mass is 16.3. The highest BCUT2D eigenvalue weighted by Crippen LogP contribution is 2.43. The molecule has 2 aromatic carbocycles. The summed E-state index contributed by atoms with van der Waals surface area (Å²) in [4.78, 5) is 0. The second-order valence-corrected chi connectivity index (χ2v) is 3.84. The van der Waals surface area contributed by atoms with Gasteiger partial charge >= 0.3 is 0 Å². The van der Waals surface area contributed by atoms with Gasteiger partial charge < -0.3 is 15.3 Å². The number of hydrogen-bond acceptors (Lipinski definition) is 3. The van der Waals surface area contributed by atoms with Crippen molar-refractivity contribution in [3.8, 4) is 28.4 Å². The molecule has 0 radical (unpaired) electrons. The molecule has 88 valence electrons. The minimum atomic E-state index is -0.0406. The smallest absolute Gasteiger partial charge is 0.130 e. The number of phenolic OH excluding ortho intramolecular Hbond substituents is 3. The highest BCUT2D eigenvalue weighted by molar-refractivity contribution is 5.81. The summed E-state index contributed by atoms with van der Waals surface area (Å²) in [5, 5.41) is 29.6. The first-order valence-electron chi connectivity index (χ1n) is 5.47. The van der Waals surface area contributed by atoms with Crippen molar-refractivity contribution in [2.75, 3.05) is 0 Å². The zero-order valence-corrected chi connectivity index (χ0v) is 9.51. The first kappa shape index (κ1) is 11.3. The van der Waals surface area contributed by atoms with Crippen LogP contribution >= 0.6 is 0 Å². The molecule has 3 nitrogen and oxygen atoms in total. The summed E-state index contributed by atoms with van der Waals surface area (Å²) in [6, 6.07) is 9.81. The molecule has 0 aliphatic rings. The highest BCUT2D eigenvalue weighted by Gasteiger charge is 2.15. The van der Waals surface area contributed by atoms with E-state index in [9.17, 15) is 15.3 Å². The van der Waals surface area contributed by atoms with Gasteiger partial charge in [0.2, 0.25) is 0 Å². The van der Waals surface area contributed by atoms with Crippen LogP contribution in [0, 0.1) is 0 Å². The van der Waals surface area contributed by atoms with Crippen LogP contribution in [-0.2, 0) is 6.42 Å². The van der Waals surface area contributed by atoms with E-state index in [4.69, 9.17) is 0 Å². The molecule has 0 saturated heterocycles. The van der Waals surface area contributed by atoms with Gasteiger partial charge in [0.15, 0.2) is 0 Å². The Hall–Kier alpha value is -2.16. The third-order valence-electron chi connectivity index (χ3n) is 2.79. The molecule has 0 fully saturated rings. The third-order valence-corrected chi connectivity index (χ3v) is 2.79. The molecule has 2 aromatic rings. The summed E-state index contributed by atoms with van der Waals surface area (Å²) in [6.07, 6.45) is 0.659. The number of hydrogen-bond donors (Lipinski definition) is 3. The van der Waals surface area contributed by atoms with E-state index in [0.29, 0.717) is 12.0 Å². The number of aryl methyl sites for hydroxylation is 1. The maximum absolute atomic E-state index is 10.1. The Balaban J connectivity index is 2.71. The first-order valence-corrected chi connectivity index (χ1v) is 5.47. The van der Waals surface area contributed by atoms with Gasteiger partial charge in [0.05, 0.1) is 5.56 Å². The molecule has 0 atom stereocenters. The van der Waals surface area contributed by atoms with Gasteiger partial charge in [-0.05, 0) is 24.1 Å². The standard InChI is InChI=1S/C14H14O3/c1-2-9-7-8-12(16)13(14(9)17)10-5-3-4-6-11(10)15/h3-8,15-17H,2H2,1H3. The van der Waals surface area contributed by atoms with E-state index < -0.39 is 0 Å². The van der Waals surface area contributed by atoms with Crippen LogP contribution in [0.5, 0.6) is 17.2 Å². The molecule has 0 saturated carbocycles. The molecule has 0 aromatic heterocycles. The molecular formula is C14H14O3. The average molecular weight is 230 g/mol. The summed E-state index contributed by atoms with van der Waals surface area (Å²) >= 11 is 0. The number of rotatable bonds is 2. The molecule has 0 heterocycles. The average Bonchev–Trinajstić information content (AvgIpc) is 2.32. The van der Waals surface area contributed by atoms with Crippen LogP contribution in [0.3, 0.4) is 0 Å². The van der Waals surface area contributed by atoms with Gasteiger partial charge in [-0.15, -0.1) is 0 Å². The fourth-order valence-electron chi connectivity index (χ4n) is 1.86. The van der Waals surface area contributed by atoms with Gasteiger partial charge in [-0.3, -0.25) is 0 Å². The molecule has 0 amide bonds. The number of para-hydroxylation sites is 1. The van der Waals surface area contributed by atoms with Gasteiger partial charge in [-0.1, -0.05) is 31.2 Å². The van der Waals surface area contributed by atoms with Crippen molar-refractivity contribution in [1.29, 1.82) is 0 Å². The van der Waals surface area contributed by atoms with E-state index in [1.165, 1.54) is 12.1 Å². The van der Waals surface area contributed by atoms with Crippen molar-refractivity contribution in [3.63, 3.8) is 0 Å². The van der Waals surface area contributed by atoms with Crippen molar-refractivity contribution in [1.82, 2.24) is 0 Å². The Morgan fingerprint density at radius 1 is 0.882 bits per heavy atom. The van der Waals surface area contributed by atoms with Gasteiger partial charge in [0, 0.05) is 5.56 Å². The predicted molar refractivity (Wildman–Crippen MR) is 66.3 cm³/mol. The van der Waals surface area contributed by atoms with Crippen molar-refractivity contribution in [2.24, 2.45) is 0 Å². The van der Waals surface area contributed by atoms with Gasteiger partial charge in [0.25, 0.3) is 0 Å². The van der Waals surface area contributed by atoms with Gasteiger partial charge in [-0.2, -0.15) is 0 Å². The van der Waals surface area contributed by atoms with Crippen LogP contribution in [0.2, 0.25) is 0 Å². The van der Waals surface area contributed by atoms with E-state index >= 15 is 0 Å². The lowest BCUT2D eigenvalue weighted by molar-refractivity contribution is 0.446. The number of phenols is 3. The third kappa shape index (κ3) is 1.91. The van der Waals surface area contributed by atoms with Crippen molar-refractivity contribution >= 4 is 0 Å². The fraction of sp³-hybridized carbons (Fsp3) is 0.143. The predicted octanol–water partition coefficient (Wildman–Crippen LogP) is 3.03. The normalized spacial score (nSPS) is 10.4. The first-order chi connectivity index (χ1) is 8.15. The van der Waals surface area contributed by atoms with Crippen LogP contribution in [0.15, 0.2) is 36.4 Å². The lowest BCUT2D eigenvalue weighted by Crippen LogP contribution is -1.87. The lowest BCUT2D eigenvalue weighted by atomic mass is 9.98. The Morgan fingerprint density at radius 3 is 2.24 bits per heavy atom. The van der Waals surface area contributed by atoms with E-state index in [0.717, 1.165) is 5.56 Å². The van der Waals surface area contributed by atoms with Crippen LogP contribution in [0.4, 0.5) is 0 Å². The van der Waals surface area contributed by atoms with Crippen molar-refractivity contribution in [2.45, 2.75) is 13.3 Å². The van der Waals surface area contributed by atoms with Gasteiger partial charge in [-0.25, -0.2) is 0 Å². The molecule has 3 N–H and O–H groups in total. The zero-order valence-electron chi connectivity index (χ0n) is 9.51. The maximum Gasteiger partial charge on any atom is 0.130 e. The summed E-state index contributed by atoms with van der Waals surface area (Å²) in [6.45, 7) is 1.92. The Labute approximate surface area is 99.6 Å². The largest absolute Gasteiger partial charge is 0.507 e. The second-order valence-electron chi connectivity index (χ2n) is 3.84. The summed E-state index contributed by atoms with van der Waals surface area (Å²) in [5.74, 6) is 0.0153. The van der Waals surface area contributed by atoms with Crippen molar-refractivity contribution < 1.29 is 15.3 Å². The Morgan fingerprint density at radius 2 is 1.59 bits per heavy atom. The molecule has 0 aliphatic heterocycles. The van der Waals surface area contributed by atoms with Crippen LogP contribution in [0.1, 0.15) is 12.5 Å². The Kier molecular flexibility index (Phi) is 2.91. The molecule has 17 heavy (non-hydrogen) atoms. The summed E-state index contributed by atoms with van der Waals surface area (Å²) in [7, 11) is 0. The quantitative estimate of drug-likeness (QED) is 0.743. The topological polar surface area (TPSA) is 60.7 Å². The SMILES string of the molecule is CCc1ccc(O)c(-c2ccccc2O)c1O. The summed E-state index contributed by atoms with van der Waals surface area (Å²) in [5.41, 5.74) is 1.45. The minimum absolute atomic E-state index is 0.0222. The summed E-state index contributed by atoms with van der Waals surface area (Å²) < 4.78 is 0. The van der Waals surface area contributed by atoms with E-state index in [1.807, 2.05) is 6.92 Å². The monoisotopic (exact) mass is 230 g/mol. The van der Waals surface area contributed by atoms with Crippen LogP contribution < -0.4 is 0 Å². The zero-order chi connectivity index (χ0) is 12.4. The molecule has 0 unspecified atom stereocenters. The number of aromatic hydroxyl groups is 3. The van der Waals surface area contributed by atoms with E-state index in [2.05, 4.69) is 0 Å².